The van der Waals surface area contributed by atoms with E-state index in [0.717, 1.165) is 10.4 Å². The van der Waals surface area contributed by atoms with Gasteiger partial charge >= 0.3 is 5.97 Å². The van der Waals surface area contributed by atoms with Crippen LogP contribution in [0.1, 0.15) is 33.5 Å². The van der Waals surface area contributed by atoms with E-state index in [1.54, 1.807) is 31.2 Å². The van der Waals surface area contributed by atoms with Crippen molar-refractivity contribution < 1.29 is 23.5 Å². The number of thiophene rings is 1. The van der Waals surface area contributed by atoms with Crippen LogP contribution in [0.15, 0.2) is 36.4 Å². The zero-order valence-electron chi connectivity index (χ0n) is 12.5. The summed E-state index contributed by atoms with van der Waals surface area (Å²) in [6, 6.07) is 9.61. The van der Waals surface area contributed by atoms with Gasteiger partial charge in [-0.25, -0.2) is 9.18 Å². The lowest BCUT2D eigenvalue weighted by Crippen LogP contribution is -2.20. The van der Waals surface area contributed by atoms with Crippen molar-refractivity contribution in [1.29, 1.82) is 0 Å². The van der Waals surface area contributed by atoms with E-state index in [1.165, 1.54) is 23.5 Å². The number of Topliss-reactive ketones (excluding diaryl/α,β-unsaturated/α-hetero) is 2. The second-order valence-electron chi connectivity index (χ2n) is 4.82. The molecule has 1 aromatic heterocycles. The van der Waals surface area contributed by atoms with Crippen LogP contribution >= 0.6 is 11.3 Å². The predicted octanol–water partition coefficient (Wildman–Crippen LogP) is 3.18. The van der Waals surface area contributed by atoms with Gasteiger partial charge in [0, 0.05) is 11.3 Å². The van der Waals surface area contributed by atoms with Crippen LogP contribution in [0.5, 0.6) is 0 Å². The summed E-state index contributed by atoms with van der Waals surface area (Å²) >= 11 is 1.23. The van der Waals surface area contributed by atoms with E-state index in [2.05, 4.69) is 4.74 Å². The van der Waals surface area contributed by atoms with Gasteiger partial charge in [0.15, 0.2) is 5.78 Å². The van der Waals surface area contributed by atoms with E-state index in [1.807, 2.05) is 0 Å². The smallest absolute Gasteiger partial charge is 0.375 e. The Kier molecular flexibility index (Phi) is 5.76. The highest BCUT2D eigenvalue weighted by Gasteiger charge is 2.21. The summed E-state index contributed by atoms with van der Waals surface area (Å²) in [4.78, 5) is 36.0. The molecule has 2 aromatic rings. The standard InChI is InChI=1S/C17H15FO4S/c1-2-22-17(21)15(20)10-14(19)16-7-6-13(23-16)9-11-4-3-5-12(18)8-11/h3-8H,2,9-10H2,1H3. The molecule has 1 aromatic carbocycles. The van der Waals surface area contributed by atoms with Crippen LogP contribution in [0.4, 0.5) is 4.39 Å². The highest BCUT2D eigenvalue weighted by molar-refractivity contribution is 7.14. The summed E-state index contributed by atoms with van der Waals surface area (Å²) in [5.41, 5.74) is 0.799. The lowest BCUT2D eigenvalue weighted by atomic mass is 10.1. The van der Waals surface area contributed by atoms with E-state index in [0.29, 0.717) is 11.3 Å². The summed E-state index contributed by atoms with van der Waals surface area (Å²) in [5, 5.41) is 0. The molecule has 0 spiro atoms. The Morgan fingerprint density at radius 2 is 1.96 bits per heavy atom. The molecule has 0 atom stereocenters. The number of carbonyl (C=O) groups excluding carboxylic acids is 3. The van der Waals surface area contributed by atoms with E-state index in [4.69, 9.17) is 0 Å². The van der Waals surface area contributed by atoms with Gasteiger partial charge in [0.05, 0.1) is 17.9 Å². The SMILES string of the molecule is CCOC(=O)C(=O)CC(=O)c1ccc(Cc2cccc(F)c2)s1. The summed E-state index contributed by atoms with van der Waals surface area (Å²) in [7, 11) is 0. The van der Waals surface area contributed by atoms with Crippen LogP contribution in [-0.2, 0) is 20.7 Å². The summed E-state index contributed by atoms with van der Waals surface area (Å²) in [5.74, 6) is -2.57. The molecule has 0 saturated heterocycles. The molecule has 0 unspecified atom stereocenters. The van der Waals surface area contributed by atoms with Gasteiger partial charge in [-0.15, -0.1) is 11.3 Å². The van der Waals surface area contributed by atoms with Crippen LogP contribution < -0.4 is 0 Å². The van der Waals surface area contributed by atoms with Crippen LogP contribution in [0.25, 0.3) is 0 Å². The second-order valence-corrected chi connectivity index (χ2v) is 5.98. The molecule has 0 aliphatic heterocycles. The van der Waals surface area contributed by atoms with Crippen molar-refractivity contribution in [1.82, 2.24) is 0 Å². The monoisotopic (exact) mass is 334 g/mol. The normalized spacial score (nSPS) is 10.3. The number of halogens is 1. The number of hydrogen-bond acceptors (Lipinski definition) is 5. The first-order valence-electron chi connectivity index (χ1n) is 7.06. The summed E-state index contributed by atoms with van der Waals surface area (Å²) in [6.45, 7) is 1.68. The van der Waals surface area contributed by atoms with Crippen LogP contribution in [0, 0.1) is 5.82 Å². The van der Waals surface area contributed by atoms with Crippen molar-refractivity contribution >= 4 is 28.9 Å². The highest BCUT2D eigenvalue weighted by Crippen LogP contribution is 2.21. The van der Waals surface area contributed by atoms with Crippen molar-refractivity contribution in [3.63, 3.8) is 0 Å². The zero-order chi connectivity index (χ0) is 16.8. The number of rotatable bonds is 7. The molecule has 6 heteroatoms. The maximum atomic E-state index is 13.2. The van der Waals surface area contributed by atoms with Gasteiger partial charge in [-0.1, -0.05) is 12.1 Å². The third-order valence-electron chi connectivity index (χ3n) is 3.03. The van der Waals surface area contributed by atoms with Gasteiger partial charge in [-0.3, -0.25) is 9.59 Å². The minimum Gasteiger partial charge on any atom is -0.460 e. The quantitative estimate of drug-likeness (QED) is 0.338. The Hall–Kier alpha value is -2.34. The molecule has 0 N–H and O–H groups in total. The summed E-state index contributed by atoms with van der Waals surface area (Å²) in [6.07, 6.45) is 0.000279. The Bertz CT molecular complexity index is 736. The number of ether oxygens (including phenoxy) is 1. The Morgan fingerprint density at radius 1 is 1.17 bits per heavy atom. The number of hydrogen-bond donors (Lipinski definition) is 0. The fourth-order valence-corrected chi connectivity index (χ4v) is 2.97. The first kappa shape index (κ1) is 17.0. The molecule has 1 heterocycles. The van der Waals surface area contributed by atoms with Crippen LogP contribution in [-0.4, -0.2) is 24.1 Å². The first-order chi connectivity index (χ1) is 11.0. The van der Waals surface area contributed by atoms with Gasteiger partial charge in [0.2, 0.25) is 5.78 Å². The maximum Gasteiger partial charge on any atom is 0.375 e. The third kappa shape index (κ3) is 4.82. The van der Waals surface area contributed by atoms with Crippen molar-refractivity contribution in [3.05, 3.63) is 57.5 Å². The largest absolute Gasteiger partial charge is 0.460 e. The van der Waals surface area contributed by atoms with Crippen molar-refractivity contribution in [2.75, 3.05) is 6.61 Å². The Balaban J connectivity index is 2.00. The summed E-state index contributed by atoms with van der Waals surface area (Å²) < 4.78 is 17.7. The van der Waals surface area contributed by atoms with Crippen molar-refractivity contribution in [3.8, 4) is 0 Å². The number of benzene rings is 1. The number of ketones is 2. The third-order valence-corrected chi connectivity index (χ3v) is 4.15. The van der Waals surface area contributed by atoms with Crippen LogP contribution in [0.3, 0.4) is 0 Å². The average molecular weight is 334 g/mol. The molecule has 0 fully saturated rings. The van der Waals surface area contributed by atoms with Gasteiger partial charge < -0.3 is 4.74 Å². The average Bonchev–Trinajstić information content (AvgIpc) is 2.96. The predicted molar refractivity (Wildman–Crippen MR) is 84.1 cm³/mol. The number of carbonyl (C=O) groups is 3. The highest BCUT2D eigenvalue weighted by atomic mass is 32.1. The van der Waals surface area contributed by atoms with E-state index in [9.17, 15) is 18.8 Å². The molecule has 0 saturated carbocycles. The van der Waals surface area contributed by atoms with E-state index < -0.39 is 24.0 Å². The minimum absolute atomic E-state index is 0.0928. The van der Waals surface area contributed by atoms with E-state index in [-0.39, 0.29) is 12.4 Å². The first-order valence-corrected chi connectivity index (χ1v) is 7.87. The Morgan fingerprint density at radius 3 is 2.65 bits per heavy atom. The van der Waals surface area contributed by atoms with Crippen molar-refractivity contribution in [2.24, 2.45) is 0 Å². The zero-order valence-corrected chi connectivity index (χ0v) is 13.3. The fraction of sp³-hybridized carbons (Fsp3) is 0.235. The molecule has 4 nitrogen and oxygen atoms in total. The molecule has 0 aliphatic carbocycles. The molecule has 0 aliphatic rings. The van der Waals surface area contributed by atoms with Gasteiger partial charge in [-0.2, -0.15) is 0 Å². The molecule has 0 amide bonds. The van der Waals surface area contributed by atoms with Crippen LogP contribution in [0.2, 0.25) is 0 Å². The lowest BCUT2D eigenvalue weighted by Gasteiger charge is -2.00. The lowest BCUT2D eigenvalue weighted by molar-refractivity contribution is -0.153. The molecule has 23 heavy (non-hydrogen) atoms. The molecule has 2 rings (SSSR count). The van der Waals surface area contributed by atoms with Gasteiger partial charge in [0.25, 0.3) is 0 Å². The topological polar surface area (TPSA) is 60.4 Å². The molecule has 0 radical (unpaired) electrons. The fourth-order valence-electron chi connectivity index (χ4n) is 1.99. The van der Waals surface area contributed by atoms with E-state index >= 15 is 0 Å². The Labute approximate surface area is 136 Å². The number of esters is 1. The van der Waals surface area contributed by atoms with Gasteiger partial charge in [-0.05, 0) is 36.8 Å². The molecular weight excluding hydrogens is 319 g/mol. The molecular formula is C17H15FO4S. The van der Waals surface area contributed by atoms with Gasteiger partial charge in [0.1, 0.15) is 5.82 Å². The maximum absolute atomic E-state index is 13.2. The second kappa shape index (κ2) is 7.78. The molecule has 0 bridgehead atoms. The molecule has 120 valence electrons. The van der Waals surface area contributed by atoms with Crippen molar-refractivity contribution in [2.45, 2.75) is 19.8 Å². The minimum atomic E-state index is -0.989.